The van der Waals surface area contributed by atoms with Crippen molar-refractivity contribution in [1.29, 1.82) is 0 Å². The summed E-state index contributed by atoms with van der Waals surface area (Å²) in [5.41, 5.74) is 2.53. The first-order chi connectivity index (χ1) is 13.6. The van der Waals surface area contributed by atoms with Crippen LogP contribution in [0.15, 0.2) is 54.7 Å². The van der Waals surface area contributed by atoms with Gasteiger partial charge in [-0.2, -0.15) is 0 Å². The number of carbonyl (C=O) groups excluding carboxylic acids is 2. The number of rotatable bonds is 4. The maximum absolute atomic E-state index is 12.7. The van der Waals surface area contributed by atoms with Gasteiger partial charge in [0.2, 0.25) is 5.88 Å². The third-order valence-corrected chi connectivity index (χ3v) is 4.70. The van der Waals surface area contributed by atoms with Crippen molar-refractivity contribution >= 4 is 22.9 Å². The molecule has 1 aromatic heterocycles. The Balaban J connectivity index is 1.40. The lowest BCUT2D eigenvalue weighted by atomic mass is 10.1. The zero-order valence-corrected chi connectivity index (χ0v) is 15.4. The molecule has 1 fully saturated rings. The first-order valence-electron chi connectivity index (χ1n) is 9.00. The van der Waals surface area contributed by atoms with E-state index in [0.717, 1.165) is 17.5 Å². The van der Waals surface area contributed by atoms with Crippen LogP contribution in [-0.2, 0) is 4.74 Å². The Morgan fingerprint density at radius 2 is 1.75 bits per heavy atom. The molecule has 0 saturated carbocycles. The summed E-state index contributed by atoms with van der Waals surface area (Å²) in [7, 11) is 1.33. The van der Waals surface area contributed by atoms with E-state index in [2.05, 4.69) is 14.7 Å². The van der Waals surface area contributed by atoms with Crippen molar-refractivity contribution in [2.45, 2.75) is 12.5 Å². The number of nitrogens with zero attached hydrogens (tertiary/aromatic N) is 3. The number of ether oxygens (including phenoxy) is 2. The number of carbonyl (C=O) groups is 2. The highest BCUT2D eigenvalue weighted by molar-refractivity contribution is 5.96. The molecule has 142 valence electrons. The Bertz CT molecular complexity index is 1020. The van der Waals surface area contributed by atoms with Crippen molar-refractivity contribution in [3.05, 3.63) is 65.9 Å². The molecule has 0 bridgehead atoms. The maximum atomic E-state index is 12.7. The normalized spacial score (nSPS) is 16.2. The third-order valence-electron chi connectivity index (χ3n) is 4.70. The Hall–Kier alpha value is -3.48. The summed E-state index contributed by atoms with van der Waals surface area (Å²) in [6.07, 6.45) is 2.20. The van der Waals surface area contributed by atoms with Crippen LogP contribution in [0.2, 0.25) is 0 Å². The van der Waals surface area contributed by atoms with Crippen molar-refractivity contribution in [2.75, 3.05) is 20.2 Å². The van der Waals surface area contributed by atoms with Crippen LogP contribution in [0, 0.1) is 0 Å². The number of aromatic nitrogens is 2. The number of para-hydroxylation sites is 2. The number of esters is 1. The number of benzene rings is 2. The van der Waals surface area contributed by atoms with E-state index in [0.29, 0.717) is 30.1 Å². The molecule has 3 aromatic rings. The molecule has 28 heavy (non-hydrogen) atoms. The smallest absolute Gasteiger partial charge is 0.337 e. The summed E-state index contributed by atoms with van der Waals surface area (Å²) in [6.45, 7) is 1.08. The molecule has 2 aromatic carbocycles. The van der Waals surface area contributed by atoms with Crippen LogP contribution in [0.1, 0.15) is 27.1 Å². The lowest BCUT2D eigenvalue weighted by Crippen LogP contribution is -2.31. The van der Waals surface area contributed by atoms with Gasteiger partial charge in [-0.25, -0.2) is 14.8 Å². The molecule has 1 unspecified atom stereocenters. The summed E-state index contributed by atoms with van der Waals surface area (Å²) in [4.78, 5) is 34.8. The average Bonchev–Trinajstić information content (AvgIpc) is 3.21. The van der Waals surface area contributed by atoms with Gasteiger partial charge in [-0.15, -0.1) is 0 Å². The second-order valence-corrected chi connectivity index (χ2v) is 6.55. The minimum atomic E-state index is -0.426. The number of hydrogen-bond donors (Lipinski definition) is 0. The van der Waals surface area contributed by atoms with Crippen molar-refractivity contribution in [3.63, 3.8) is 0 Å². The number of amides is 1. The first-order valence-corrected chi connectivity index (χ1v) is 9.00. The van der Waals surface area contributed by atoms with Crippen LogP contribution >= 0.6 is 0 Å². The van der Waals surface area contributed by atoms with Gasteiger partial charge in [0.15, 0.2) is 0 Å². The predicted molar refractivity (Wildman–Crippen MR) is 102 cm³/mol. The Labute approximate surface area is 161 Å². The topological polar surface area (TPSA) is 81.6 Å². The highest BCUT2D eigenvalue weighted by Crippen LogP contribution is 2.20. The summed E-state index contributed by atoms with van der Waals surface area (Å²) in [5, 5.41) is 0. The lowest BCUT2D eigenvalue weighted by Gasteiger charge is -2.17. The van der Waals surface area contributed by atoms with Gasteiger partial charge in [0.25, 0.3) is 5.91 Å². The summed E-state index contributed by atoms with van der Waals surface area (Å²) < 4.78 is 10.6. The molecular weight excluding hydrogens is 358 g/mol. The molecule has 7 heteroatoms. The number of fused-ring (bicyclic) bond motifs is 1. The second-order valence-electron chi connectivity index (χ2n) is 6.55. The zero-order valence-electron chi connectivity index (χ0n) is 15.4. The summed E-state index contributed by atoms with van der Waals surface area (Å²) in [6, 6.07) is 14.1. The van der Waals surface area contributed by atoms with Crippen LogP contribution < -0.4 is 4.74 Å². The molecule has 0 N–H and O–H groups in total. The monoisotopic (exact) mass is 377 g/mol. The van der Waals surface area contributed by atoms with Crippen molar-refractivity contribution < 1.29 is 19.1 Å². The largest absolute Gasteiger partial charge is 0.471 e. The molecule has 0 radical (unpaired) electrons. The molecule has 4 rings (SSSR count). The van der Waals surface area contributed by atoms with E-state index in [1.54, 1.807) is 35.4 Å². The molecule has 0 spiro atoms. The molecule has 7 nitrogen and oxygen atoms in total. The van der Waals surface area contributed by atoms with E-state index in [4.69, 9.17) is 4.74 Å². The van der Waals surface area contributed by atoms with Crippen LogP contribution in [0.3, 0.4) is 0 Å². The van der Waals surface area contributed by atoms with Crippen LogP contribution in [0.4, 0.5) is 0 Å². The molecule has 1 aliphatic rings. The molecule has 1 saturated heterocycles. The van der Waals surface area contributed by atoms with Gasteiger partial charge in [-0.1, -0.05) is 12.1 Å². The molecule has 2 heterocycles. The standard InChI is InChI=1S/C21H19N3O4/c1-27-21(26)15-8-6-14(7-9-15)20(25)24-11-10-16(13-24)28-19-12-22-17-4-2-3-5-18(17)23-19/h2-9,12,16H,10-11,13H2,1H3. The lowest BCUT2D eigenvalue weighted by molar-refractivity contribution is 0.0600. The van der Waals surface area contributed by atoms with E-state index >= 15 is 0 Å². The third kappa shape index (κ3) is 3.64. The van der Waals surface area contributed by atoms with Crippen LogP contribution in [0.25, 0.3) is 11.0 Å². The molecule has 0 aliphatic carbocycles. The number of methoxy groups -OCH3 is 1. The Morgan fingerprint density at radius 3 is 2.50 bits per heavy atom. The number of likely N-dealkylation sites (tertiary alicyclic amines) is 1. The van der Waals surface area contributed by atoms with Gasteiger partial charge >= 0.3 is 5.97 Å². The minimum absolute atomic E-state index is 0.0906. The van der Waals surface area contributed by atoms with Crippen LogP contribution in [-0.4, -0.2) is 53.0 Å². The second kappa shape index (κ2) is 7.64. The molecule has 1 amide bonds. The van der Waals surface area contributed by atoms with Crippen molar-refractivity contribution in [2.24, 2.45) is 0 Å². The van der Waals surface area contributed by atoms with Gasteiger partial charge < -0.3 is 14.4 Å². The summed E-state index contributed by atoms with van der Waals surface area (Å²) >= 11 is 0. The first kappa shape index (κ1) is 17.9. The quantitative estimate of drug-likeness (QED) is 0.650. The van der Waals surface area contributed by atoms with Crippen LogP contribution in [0.5, 0.6) is 5.88 Å². The summed E-state index contributed by atoms with van der Waals surface area (Å²) in [5.74, 6) is -0.0577. The molecular formula is C21H19N3O4. The fourth-order valence-corrected chi connectivity index (χ4v) is 3.23. The minimum Gasteiger partial charge on any atom is -0.471 e. The van der Waals surface area contributed by atoms with Gasteiger partial charge in [-0.3, -0.25) is 4.79 Å². The number of hydrogen-bond acceptors (Lipinski definition) is 6. The van der Waals surface area contributed by atoms with E-state index in [-0.39, 0.29) is 12.0 Å². The Kier molecular flexibility index (Phi) is 4.89. The van der Waals surface area contributed by atoms with E-state index in [9.17, 15) is 9.59 Å². The van der Waals surface area contributed by atoms with E-state index in [1.807, 2.05) is 24.3 Å². The Morgan fingerprint density at radius 1 is 1.04 bits per heavy atom. The van der Waals surface area contributed by atoms with Crippen molar-refractivity contribution in [3.8, 4) is 5.88 Å². The molecule has 1 aliphatic heterocycles. The highest BCUT2D eigenvalue weighted by atomic mass is 16.5. The predicted octanol–water partition coefficient (Wildman–Crippen LogP) is 2.71. The fourth-order valence-electron chi connectivity index (χ4n) is 3.23. The molecule has 1 atom stereocenters. The average molecular weight is 377 g/mol. The SMILES string of the molecule is COC(=O)c1ccc(C(=O)N2CCC(Oc3cnc4ccccc4n3)C2)cc1. The van der Waals surface area contributed by atoms with Gasteiger partial charge in [-0.05, 0) is 36.4 Å². The van der Waals surface area contributed by atoms with E-state index < -0.39 is 5.97 Å². The zero-order chi connectivity index (χ0) is 19.5. The fraction of sp³-hybridized carbons (Fsp3) is 0.238. The van der Waals surface area contributed by atoms with E-state index in [1.165, 1.54) is 7.11 Å². The van der Waals surface area contributed by atoms with Gasteiger partial charge in [0, 0.05) is 18.5 Å². The van der Waals surface area contributed by atoms with Gasteiger partial charge in [0.05, 0.1) is 36.4 Å². The van der Waals surface area contributed by atoms with Gasteiger partial charge in [0.1, 0.15) is 6.10 Å². The maximum Gasteiger partial charge on any atom is 0.337 e. The highest BCUT2D eigenvalue weighted by Gasteiger charge is 2.28. The van der Waals surface area contributed by atoms with Crippen molar-refractivity contribution in [1.82, 2.24) is 14.9 Å².